The molecule has 0 radical (unpaired) electrons. The van der Waals surface area contributed by atoms with Crippen molar-refractivity contribution in [3.8, 4) is 0 Å². The van der Waals surface area contributed by atoms with Crippen LogP contribution in [0.4, 0.5) is 0 Å². The summed E-state index contributed by atoms with van der Waals surface area (Å²) in [7, 11) is 2.27. The van der Waals surface area contributed by atoms with Crippen LogP contribution < -0.4 is 0 Å². The average Bonchev–Trinajstić information content (AvgIpc) is 3.22. The first kappa shape index (κ1) is 17.3. The van der Waals surface area contributed by atoms with Crippen LogP contribution in [0, 0.1) is 13.8 Å². The highest BCUT2D eigenvalue weighted by Crippen LogP contribution is 2.34. The number of hydrogen-bond donors (Lipinski definition) is 2. The lowest BCUT2D eigenvalue weighted by molar-refractivity contribution is 0.0357. The van der Waals surface area contributed by atoms with Gasteiger partial charge >= 0.3 is 0 Å². The molecule has 6 rings (SSSR count). The molecular weight excluding hydrogens is 356 g/mol. The number of nitrogens with one attached hydrogen (secondary N) is 2. The molecular formula is C25H28N4. The smallest absolute Gasteiger partial charge is 0.0669 e. The third-order valence-electron chi connectivity index (χ3n) is 7.03. The maximum atomic E-state index is 3.72. The van der Waals surface area contributed by atoms with Gasteiger partial charge in [0.2, 0.25) is 0 Å². The molecule has 0 unspecified atom stereocenters. The molecule has 0 bridgehead atoms. The summed E-state index contributed by atoms with van der Waals surface area (Å²) in [5.74, 6) is 0. The summed E-state index contributed by atoms with van der Waals surface area (Å²) in [4.78, 5) is 12.6. The molecule has 2 aliphatic rings. The van der Waals surface area contributed by atoms with E-state index in [4.69, 9.17) is 0 Å². The van der Waals surface area contributed by atoms with Gasteiger partial charge in [-0.3, -0.25) is 9.80 Å². The van der Waals surface area contributed by atoms with Crippen LogP contribution >= 0.6 is 0 Å². The van der Waals surface area contributed by atoms with Gasteiger partial charge < -0.3 is 9.97 Å². The van der Waals surface area contributed by atoms with Crippen molar-refractivity contribution in [1.82, 2.24) is 19.8 Å². The van der Waals surface area contributed by atoms with Crippen molar-refractivity contribution in [2.45, 2.75) is 45.9 Å². The number of likely N-dealkylation sites (N-methyl/N-ethyl adjacent to an activating group) is 1. The minimum Gasteiger partial charge on any atom is -0.357 e. The van der Waals surface area contributed by atoms with E-state index in [-0.39, 0.29) is 0 Å². The first-order chi connectivity index (χ1) is 14.1. The number of aromatic nitrogens is 2. The second-order valence-corrected chi connectivity index (χ2v) is 9.08. The summed E-state index contributed by atoms with van der Waals surface area (Å²) in [5, 5.41) is 2.82. The molecule has 2 N–H and O–H groups in total. The predicted molar refractivity (Wildman–Crippen MR) is 119 cm³/mol. The predicted octanol–water partition coefficient (Wildman–Crippen LogP) is 4.64. The Bertz CT molecular complexity index is 1240. The normalized spacial score (nSPS) is 20.3. The van der Waals surface area contributed by atoms with Crippen LogP contribution in [0.1, 0.15) is 33.6 Å². The Labute approximate surface area is 171 Å². The average molecular weight is 385 g/mol. The number of hydrogen-bond acceptors (Lipinski definition) is 2. The molecule has 4 heteroatoms. The van der Waals surface area contributed by atoms with Crippen molar-refractivity contribution in [2.75, 3.05) is 13.6 Å². The van der Waals surface area contributed by atoms with Gasteiger partial charge in [0.25, 0.3) is 0 Å². The van der Waals surface area contributed by atoms with Crippen molar-refractivity contribution in [3.05, 3.63) is 70.0 Å². The topological polar surface area (TPSA) is 38.1 Å². The quantitative estimate of drug-likeness (QED) is 0.502. The summed E-state index contributed by atoms with van der Waals surface area (Å²) in [6, 6.07) is 13.6. The number of aryl methyl sites for hydroxylation is 2. The lowest BCUT2D eigenvalue weighted by atomic mass is 9.97. The fourth-order valence-corrected chi connectivity index (χ4v) is 5.53. The lowest BCUT2D eigenvalue weighted by Crippen LogP contribution is -2.51. The second kappa shape index (κ2) is 6.22. The molecule has 2 aromatic heterocycles. The van der Waals surface area contributed by atoms with Crippen molar-refractivity contribution in [3.63, 3.8) is 0 Å². The van der Waals surface area contributed by atoms with Crippen LogP contribution in [0.25, 0.3) is 21.8 Å². The van der Waals surface area contributed by atoms with Gasteiger partial charge in [0.1, 0.15) is 0 Å². The molecule has 4 aromatic rings. The third-order valence-corrected chi connectivity index (χ3v) is 7.03. The molecule has 0 spiro atoms. The zero-order valence-corrected chi connectivity index (χ0v) is 17.5. The molecule has 0 saturated heterocycles. The van der Waals surface area contributed by atoms with Gasteiger partial charge in [-0.1, -0.05) is 24.3 Å². The Morgan fingerprint density at radius 1 is 0.828 bits per heavy atom. The van der Waals surface area contributed by atoms with E-state index in [2.05, 4.69) is 77.1 Å². The van der Waals surface area contributed by atoms with Crippen LogP contribution in [0.15, 0.2) is 36.4 Å². The largest absolute Gasteiger partial charge is 0.357 e. The maximum Gasteiger partial charge on any atom is 0.0669 e. The highest BCUT2D eigenvalue weighted by atomic mass is 15.4. The Kier molecular flexibility index (Phi) is 3.71. The summed E-state index contributed by atoms with van der Waals surface area (Å²) < 4.78 is 0. The third kappa shape index (κ3) is 2.66. The first-order valence-corrected chi connectivity index (χ1v) is 10.7. The van der Waals surface area contributed by atoms with Gasteiger partial charge in [-0.15, -0.1) is 0 Å². The molecule has 148 valence electrons. The molecule has 0 aliphatic carbocycles. The van der Waals surface area contributed by atoms with Crippen LogP contribution in [0.2, 0.25) is 0 Å². The van der Waals surface area contributed by atoms with Crippen LogP contribution in [0.3, 0.4) is 0 Å². The van der Waals surface area contributed by atoms with Gasteiger partial charge in [-0.25, -0.2) is 0 Å². The fraction of sp³-hybridized carbons (Fsp3) is 0.360. The molecule has 4 nitrogen and oxygen atoms in total. The summed E-state index contributed by atoms with van der Waals surface area (Å²) in [5.41, 5.74) is 11.1. The molecule has 1 atom stereocenters. The number of benzene rings is 2. The molecule has 0 saturated carbocycles. The van der Waals surface area contributed by atoms with E-state index in [0.29, 0.717) is 6.17 Å². The second-order valence-electron chi connectivity index (χ2n) is 9.08. The van der Waals surface area contributed by atoms with Gasteiger partial charge in [-0.2, -0.15) is 0 Å². The van der Waals surface area contributed by atoms with Crippen molar-refractivity contribution in [2.24, 2.45) is 0 Å². The number of aromatic amines is 2. The highest BCUT2D eigenvalue weighted by Gasteiger charge is 2.33. The van der Waals surface area contributed by atoms with Gasteiger partial charge in [0, 0.05) is 59.2 Å². The van der Waals surface area contributed by atoms with E-state index in [9.17, 15) is 0 Å². The van der Waals surface area contributed by atoms with Crippen LogP contribution in [-0.4, -0.2) is 39.5 Å². The molecule has 29 heavy (non-hydrogen) atoms. The van der Waals surface area contributed by atoms with Crippen molar-refractivity contribution >= 4 is 21.8 Å². The molecule has 2 aromatic carbocycles. The summed E-state index contributed by atoms with van der Waals surface area (Å²) in [6.45, 7) is 7.46. The van der Waals surface area contributed by atoms with Crippen molar-refractivity contribution < 1.29 is 0 Å². The van der Waals surface area contributed by atoms with E-state index in [1.54, 1.807) is 0 Å². The fourth-order valence-electron chi connectivity index (χ4n) is 5.53. The van der Waals surface area contributed by atoms with Crippen LogP contribution in [0.5, 0.6) is 0 Å². The lowest BCUT2D eigenvalue weighted by Gasteiger charge is -2.42. The zero-order chi connectivity index (χ0) is 19.7. The monoisotopic (exact) mass is 384 g/mol. The highest BCUT2D eigenvalue weighted by molar-refractivity contribution is 5.86. The number of rotatable bonds is 1. The first-order valence-electron chi connectivity index (χ1n) is 10.7. The molecule has 0 amide bonds. The van der Waals surface area contributed by atoms with E-state index in [0.717, 1.165) is 32.5 Å². The number of H-pyrrole nitrogens is 2. The minimum atomic E-state index is 0.448. The molecule has 0 fully saturated rings. The van der Waals surface area contributed by atoms with E-state index >= 15 is 0 Å². The van der Waals surface area contributed by atoms with Crippen molar-refractivity contribution in [1.29, 1.82) is 0 Å². The maximum absolute atomic E-state index is 3.72. The Morgan fingerprint density at radius 3 is 2.14 bits per heavy atom. The zero-order valence-electron chi connectivity index (χ0n) is 17.5. The van der Waals surface area contributed by atoms with Crippen LogP contribution in [-0.2, 0) is 25.9 Å². The Balaban J connectivity index is 1.33. The Morgan fingerprint density at radius 2 is 1.45 bits per heavy atom. The van der Waals surface area contributed by atoms with Gasteiger partial charge in [-0.05, 0) is 61.7 Å². The van der Waals surface area contributed by atoms with E-state index < -0.39 is 0 Å². The SMILES string of the molecule is Cc1ccc2c3c([nH]c2c1)CN([C@@H]1Cc2c([nH]c4cc(C)ccc24)CN1C)CC3. The Hall–Kier alpha value is -2.56. The van der Waals surface area contributed by atoms with Gasteiger partial charge in [0.05, 0.1) is 6.17 Å². The summed E-state index contributed by atoms with van der Waals surface area (Å²) >= 11 is 0. The molecule has 2 aliphatic heterocycles. The summed E-state index contributed by atoms with van der Waals surface area (Å²) in [6.07, 6.45) is 2.66. The number of nitrogens with zero attached hydrogens (tertiary/aromatic N) is 2. The molecule has 4 heterocycles. The minimum absolute atomic E-state index is 0.448. The number of fused-ring (bicyclic) bond motifs is 6. The van der Waals surface area contributed by atoms with Gasteiger partial charge in [0.15, 0.2) is 0 Å². The van der Waals surface area contributed by atoms with E-state index in [1.165, 1.54) is 55.4 Å². The van der Waals surface area contributed by atoms with E-state index in [1.807, 2.05) is 0 Å². The standard InChI is InChI=1S/C25H28N4/c1-15-4-6-17-19-8-9-29(14-24(19)27-21(17)10-15)25-12-20-18-7-5-16(2)11-22(18)26-23(20)13-28(25)3/h4-7,10-11,25-27H,8-9,12-14H2,1-3H3/t25-/m1/s1.